The van der Waals surface area contributed by atoms with Gasteiger partial charge in [-0.25, -0.2) is 0 Å². The maximum absolute atomic E-state index is 12.3. The first-order valence-electron chi connectivity index (χ1n) is 7.19. The molecule has 1 aliphatic carbocycles. The molecule has 0 radical (unpaired) electrons. The summed E-state index contributed by atoms with van der Waals surface area (Å²) in [4.78, 5) is 12.3. The van der Waals surface area contributed by atoms with Gasteiger partial charge in [-0.3, -0.25) is 4.79 Å². The Balaban J connectivity index is 2.09. The van der Waals surface area contributed by atoms with Gasteiger partial charge in [-0.1, -0.05) is 6.42 Å². The van der Waals surface area contributed by atoms with E-state index in [1.165, 1.54) is 25.3 Å². The standard InChI is InChI=1S/C15H20F2N2O3/c1-21-13-7-9(5-6-12(13)22-15(16)17)14(20)19-11-4-2-3-10(11)8-18/h5-7,10-11,15H,2-4,8,18H2,1H3,(H,19,20). The van der Waals surface area contributed by atoms with E-state index in [2.05, 4.69) is 10.1 Å². The second-order valence-corrected chi connectivity index (χ2v) is 5.25. The molecule has 0 heterocycles. The molecular formula is C15H20F2N2O3. The Labute approximate surface area is 127 Å². The van der Waals surface area contributed by atoms with Gasteiger partial charge >= 0.3 is 6.61 Å². The third-order valence-electron chi connectivity index (χ3n) is 3.92. The molecule has 1 amide bonds. The molecule has 2 atom stereocenters. The number of amides is 1. The summed E-state index contributed by atoms with van der Waals surface area (Å²) in [6, 6.07) is 4.18. The van der Waals surface area contributed by atoms with Gasteiger partial charge in [-0.15, -0.1) is 0 Å². The number of carbonyl (C=O) groups is 1. The van der Waals surface area contributed by atoms with Gasteiger partial charge in [0.05, 0.1) is 7.11 Å². The van der Waals surface area contributed by atoms with Crippen molar-refractivity contribution in [1.82, 2.24) is 5.32 Å². The number of ether oxygens (including phenoxy) is 2. The molecule has 1 fully saturated rings. The van der Waals surface area contributed by atoms with E-state index in [4.69, 9.17) is 10.5 Å². The predicted octanol–water partition coefficient (Wildman–Crippen LogP) is 2.15. The van der Waals surface area contributed by atoms with Crippen LogP contribution in [0.4, 0.5) is 8.78 Å². The Morgan fingerprint density at radius 1 is 1.41 bits per heavy atom. The van der Waals surface area contributed by atoms with Crippen LogP contribution in [0.25, 0.3) is 0 Å². The minimum Gasteiger partial charge on any atom is -0.493 e. The van der Waals surface area contributed by atoms with Crippen LogP contribution in [0.3, 0.4) is 0 Å². The van der Waals surface area contributed by atoms with Crippen LogP contribution in [0.15, 0.2) is 18.2 Å². The lowest BCUT2D eigenvalue weighted by Gasteiger charge is -2.20. The number of alkyl halides is 2. The lowest BCUT2D eigenvalue weighted by atomic mass is 10.0. The van der Waals surface area contributed by atoms with Gasteiger partial charge in [0.25, 0.3) is 5.91 Å². The first kappa shape index (κ1) is 16.5. The lowest BCUT2D eigenvalue weighted by Crippen LogP contribution is -2.39. The number of rotatable bonds is 6. The van der Waals surface area contributed by atoms with Crippen LogP contribution < -0.4 is 20.5 Å². The Morgan fingerprint density at radius 3 is 2.82 bits per heavy atom. The van der Waals surface area contributed by atoms with Crippen LogP contribution in [0.5, 0.6) is 11.5 Å². The van der Waals surface area contributed by atoms with Crippen molar-refractivity contribution in [2.24, 2.45) is 11.7 Å². The summed E-state index contributed by atoms with van der Waals surface area (Å²) in [6.45, 7) is -2.41. The Hall–Kier alpha value is -1.89. The zero-order chi connectivity index (χ0) is 16.1. The Kier molecular flexibility index (Phi) is 5.54. The fourth-order valence-corrected chi connectivity index (χ4v) is 2.76. The van der Waals surface area contributed by atoms with Gasteiger partial charge in [-0.2, -0.15) is 8.78 Å². The highest BCUT2D eigenvalue weighted by molar-refractivity contribution is 5.95. The van der Waals surface area contributed by atoms with E-state index in [1.807, 2.05) is 0 Å². The molecular weight excluding hydrogens is 294 g/mol. The third-order valence-corrected chi connectivity index (χ3v) is 3.92. The van der Waals surface area contributed by atoms with E-state index >= 15 is 0 Å². The summed E-state index contributed by atoms with van der Waals surface area (Å²) in [6.07, 6.45) is 2.94. The van der Waals surface area contributed by atoms with E-state index in [9.17, 15) is 13.6 Å². The molecule has 122 valence electrons. The minimum atomic E-state index is -2.95. The van der Waals surface area contributed by atoms with Crippen molar-refractivity contribution in [2.45, 2.75) is 31.9 Å². The maximum atomic E-state index is 12.3. The van der Waals surface area contributed by atoms with Gasteiger partial charge in [0, 0.05) is 11.6 Å². The number of nitrogens with one attached hydrogen (secondary N) is 1. The molecule has 0 spiro atoms. The van der Waals surface area contributed by atoms with Crippen LogP contribution in [-0.4, -0.2) is 32.2 Å². The third kappa shape index (κ3) is 3.85. The molecule has 0 saturated heterocycles. The SMILES string of the molecule is COc1cc(C(=O)NC2CCCC2CN)ccc1OC(F)F. The van der Waals surface area contributed by atoms with Gasteiger partial charge in [0.1, 0.15) is 0 Å². The summed E-state index contributed by atoms with van der Waals surface area (Å²) in [5, 5.41) is 2.94. The topological polar surface area (TPSA) is 73.6 Å². The van der Waals surface area contributed by atoms with E-state index in [0.29, 0.717) is 12.1 Å². The van der Waals surface area contributed by atoms with Crippen LogP contribution in [0, 0.1) is 5.92 Å². The number of halogens is 2. The van der Waals surface area contributed by atoms with Crippen LogP contribution in [0.2, 0.25) is 0 Å². The monoisotopic (exact) mass is 314 g/mol. The summed E-state index contributed by atoms with van der Waals surface area (Å²) < 4.78 is 33.9. The quantitative estimate of drug-likeness (QED) is 0.844. The largest absolute Gasteiger partial charge is 0.493 e. The van der Waals surface area contributed by atoms with Crippen molar-refractivity contribution in [3.63, 3.8) is 0 Å². The number of benzene rings is 1. The first-order valence-corrected chi connectivity index (χ1v) is 7.19. The number of carbonyl (C=O) groups excluding carboxylic acids is 1. The highest BCUT2D eigenvalue weighted by Gasteiger charge is 2.27. The van der Waals surface area contributed by atoms with E-state index in [1.54, 1.807) is 0 Å². The van der Waals surface area contributed by atoms with Gasteiger partial charge in [0.15, 0.2) is 11.5 Å². The highest BCUT2D eigenvalue weighted by atomic mass is 19.3. The maximum Gasteiger partial charge on any atom is 0.387 e. The Morgan fingerprint density at radius 2 is 2.18 bits per heavy atom. The zero-order valence-electron chi connectivity index (χ0n) is 12.4. The smallest absolute Gasteiger partial charge is 0.387 e. The molecule has 1 aromatic rings. The number of methoxy groups -OCH3 is 1. The second-order valence-electron chi connectivity index (χ2n) is 5.25. The minimum absolute atomic E-state index is 0.0560. The molecule has 7 heteroatoms. The summed E-state index contributed by atoms with van der Waals surface area (Å²) in [5.74, 6) is 0.00373. The molecule has 0 bridgehead atoms. The van der Waals surface area contributed by atoms with Crippen molar-refractivity contribution in [3.05, 3.63) is 23.8 Å². The predicted molar refractivity (Wildman–Crippen MR) is 77.3 cm³/mol. The van der Waals surface area contributed by atoms with Crippen molar-refractivity contribution in [2.75, 3.05) is 13.7 Å². The average molecular weight is 314 g/mol. The van der Waals surface area contributed by atoms with Crippen molar-refractivity contribution in [1.29, 1.82) is 0 Å². The number of hydrogen-bond donors (Lipinski definition) is 2. The van der Waals surface area contributed by atoms with Crippen LogP contribution in [0.1, 0.15) is 29.6 Å². The first-order chi connectivity index (χ1) is 10.5. The molecule has 1 aliphatic rings. The van der Waals surface area contributed by atoms with Gasteiger partial charge in [-0.05, 0) is 43.5 Å². The fraction of sp³-hybridized carbons (Fsp3) is 0.533. The number of nitrogens with two attached hydrogens (primary N) is 1. The molecule has 0 aromatic heterocycles. The summed E-state index contributed by atoms with van der Waals surface area (Å²) >= 11 is 0. The summed E-state index contributed by atoms with van der Waals surface area (Å²) in [7, 11) is 1.33. The molecule has 0 aliphatic heterocycles. The van der Waals surface area contributed by atoms with Gasteiger partial charge in [0.2, 0.25) is 0 Å². The molecule has 5 nitrogen and oxygen atoms in total. The van der Waals surface area contributed by atoms with E-state index in [0.717, 1.165) is 19.3 Å². The van der Waals surface area contributed by atoms with E-state index in [-0.39, 0.29) is 29.4 Å². The lowest BCUT2D eigenvalue weighted by molar-refractivity contribution is -0.0512. The highest BCUT2D eigenvalue weighted by Crippen LogP contribution is 2.30. The Bertz CT molecular complexity index is 526. The van der Waals surface area contributed by atoms with Crippen LogP contribution >= 0.6 is 0 Å². The molecule has 3 N–H and O–H groups in total. The second kappa shape index (κ2) is 7.40. The number of hydrogen-bond acceptors (Lipinski definition) is 4. The molecule has 2 unspecified atom stereocenters. The van der Waals surface area contributed by atoms with Crippen molar-refractivity contribution < 1.29 is 23.0 Å². The average Bonchev–Trinajstić information content (AvgIpc) is 2.94. The molecule has 22 heavy (non-hydrogen) atoms. The molecule has 1 aromatic carbocycles. The summed E-state index contributed by atoms with van der Waals surface area (Å²) in [5.41, 5.74) is 6.03. The normalized spacial score (nSPS) is 21.0. The van der Waals surface area contributed by atoms with Gasteiger partial charge < -0.3 is 20.5 Å². The van der Waals surface area contributed by atoms with Crippen LogP contribution in [-0.2, 0) is 0 Å². The molecule has 1 saturated carbocycles. The fourth-order valence-electron chi connectivity index (χ4n) is 2.76. The van der Waals surface area contributed by atoms with Crippen molar-refractivity contribution >= 4 is 5.91 Å². The van der Waals surface area contributed by atoms with E-state index < -0.39 is 6.61 Å². The van der Waals surface area contributed by atoms with Crippen molar-refractivity contribution in [3.8, 4) is 11.5 Å². The molecule has 2 rings (SSSR count). The zero-order valence-corrected chi connectivity index (χ0v) is 12.4.